The van der Waals surface area contributed by atoms with Crippen LogP contribution >= 0.6 is 0 Å². The third-order valence-electron chi connectivity index (χ3n) is 3.23. The lowest BCUT2D eigenvalue weighted by molar-refractivity contribution is -0.385. The fourth-order valence-electron chi connectivity index (χ4n) is 2.07. The van der Waals surface area contributed by atoms with Crippen LogP contribution in [0.3, 0.4) is 0 Å². The number of hydrogen-bond acceptors (Lipinski definition) is 3. The fraction of sp³-hybridized carbons (Fsp3) is 0.364. The second-order valence-corrected chi connectivity index (χ2v) is 4.05. The van der Waals surface area contributed by atoms with Gasteiger partial charge in [-0.2, -0.15) is 0 Å². The first-order valence-electron chi connectivity index (χ1n) is 5.04. The lowest BCUT2D eigenvalue weighted by Gasteiger charge is -2.37. The third-order valence-corrected chi connectivity index (χ3v) is 3.23. The van der Waals surface area contributed by atoms with Crippen molar-refractivity contribution in [3.63, 3.8) is 0 Å². The maximum Gasteiger partial charge on any atom is 0.314 e. The van der Waals surface area contributed by atoms with Crippen LogP contribution in [-0.2, 0) is 10.2 Å². The summed E-state index contributed by atoms with van der Waals surface area (Å²) >= 11 is 0. The minimum Gasteiger partial charge on any atom is -0.481 e. The summed E-state index contributed by atoms with van der Waals surface area (Å²) in [7, 11) is 0. The topological polar surface area (TPSA) is 80.4 Å². The minimum atomic E-state index is -0.897. The summed E-state index contributed by atoms with van der Waals surface area (Å²) in [5.74, 6) is -0.890. The zero-order chi connectivity index (χ0) is 11.8. The molecule has 5 heteroatoms. The number of non-ortho nitro benzene ring substituents is 1. The van der Waals surface area contributed by atoms with Crippen LogP contribution in [0.15, 0.2) is 24.3 Å². The molecule has 0 saturated heterocycles. The van der Waals surface area contributed by atoms with Gasteiger partial charge < -0.3 is 5.11 Å². The van der Waals surface area contributed by atoms with Gasteiger partial charge in [-0.1, -0.05) is 18.6 Å². The molecule has 0 amide bonds. The first kappa shape index (κ1) is 10.6. The van der Waals surface area contributed by atoms with E-state index >= 15 is 0 Å². The van der Waals surface area contributed by atoms with Crippen molar-refractivity contribution in [2.45, 2.75) is 24.7 Å². The van der Waals surface area contributed by atoms with Crippen molar-refractivity contribution >= 4 is 11.7 Å². The van der Waals surface area contributed by atoms with Crippen LogP contribution in [-0.4, -0.2) is 16.0 Å². The normalized spacial score (nSPS) is 17.5. The summed E-state index contributed by atoms with van der Waals surface area (Å²) in [5.41, 5.74) is -0.406. The maximum atomic E-state index is 11.2. The van der Waals surface area contributed by atoms with Crippen LogP contribution < -0.4 is 0 Å². The van der Waals surface area contributed by atoms with E-state index in [1.54, 1.807) is 6.07 Å². The average molecular weight is 221 g/mol. The Morgan fingerprint density at radius 3 is 2.56 bits per heavy atom. The molecule has 0 radical (unpaired) electrons. The van der Waals surface area contributed by atoms with Crippen molar-refractivity contribution in [3.05, 3.63) is 39.9 Å². The molecule has 1 aliphatic rings. The molecule has 5 nitrogen and oxygen atoms in total. The van der Waals surface area contributed by atoms with Gasteiger partial charge in [0.2, 0.25) is 0 Å². The molecule has 1 N–H and O–H groups in total. The second kappa shape index (κ2) is 3.59. The summed E-state index contributed by atoms with van der Waals surface area (Å²) < 4.78 is 0. The van der Waals surface area contributed by atoms with Crippen LogP contribution in [0.2, 0.25) is 0 Å². The van der Waals surface area contributed by atoms with Gasteiger partial charge in [0.05, 0.1) is 10.3 Å². The van der Waals surface area contributed by atoms with E-state index in [2.05, 4.69) is 0 Å². The summed E-state index contributed by atoms with van der Waals surface area (Å²) in [4.78, 5) is 21.3. The zero-order valence-electron chi connectivity index (χ0n) is 8.55. The highest BCUT2D eigenvalue weighted by molar-refractivity contribution is 5.82. The van der Waals surface area contributed by atoms with E-state index in [-0.39, 0.29) is 5.69 Å². The lowest BCUT2D eigenvalue weighted by Crippen LogP contribution is -2.42. The number of carboxylic acids is 1. The van der Waals surface area contributed by atoms with Crippen LogP contribution in [0, 0.1) is 10.1 Å². The summed E-state index contributed by atoms with van der Waals surface area (Å²) in [6, 6.07) is 5.93. The van der Waals surface area contributed by atoms with Gasteiger partial charge in [-0.25, -0.2) is 0 Å². The number of hydrogen-bond donors (Lipinski definition) is 1. The smallest absolute Gasteiger partial charge is 0.314 e. The Kier molecular flexibility index (Phi) is 2.38. The number of nitro benzene ring substituents is 1. The molecule has 0 bridgehead atoms. The van der Waals surface area contributed by atoms with Crippen molar-refractivity contribution in [2.75, 3.05) is 0 Å². The molecule has 0 spiro atoms. The number of benzene rings is 1. The van der Waals surface area contributed by atoms with E-state index in [0.29, 0.717) is 18.4 Å². The Bertz CT molecular complexity index is 451. The predicted octanol–water partition coefficient (Wildman–Crippen LogP) is 2.10. The quantitative estimate of drug-likeness (QED) is 0.626. The first-order valence-corrected chi connectivity index (χ1v) is 5.04. The van der Waals surface area contributed by atoms with Crippen LogP contribution in [0.4, 0.5) is 5.69 Å². The Morgan fingerprint density at radius 2 is 2.12 bits per heavy atom. The first-order chi connectivity index (χ1) is 7.56. The molecule has 0 heterocycles. The standard InChI is InChI=1S/C11H11NO4/c13-10(14)11(5-2-6-11)8-3-1-4-9(7-8)12(15)16/h1,3-4,7H,2,5-6H2,(H,13,14). The molecule has 0 atom stereocenters. The minimum absolute atomic E-state index is 0.0509. The lowest BCUT2D eigenvalue weighted by atomic mass is 9.64. The predicted molar refractivity (Wildman–Crippen MR) is 56.3 cm³/mol. The van der Waals surface area contributed by atoms with Crippen molar-refractivity contribution in [1.82, 2.24) is 0 Å². The van der Waals surface area contributed by atoms with Gasteiger partial charge in [-0.15, -0.1) is 0 Å². The number of rotatable bonds is 3. The molecule has 1 aromatic rings. The molecule has 1 aliphatic carbocycles. The third kappa shape index (κ3) is 1.44. The summed E-state index contributed by atoms with van der Waals surface area (Å²) in [6.07, 6.45) is 1.97. The Morgan fingerprint density at radius 1 is 1.44 bits per heavy atom. The van der Waals surface area contributed by atoms with E-state index in [0.717, 1.165) is 6.42 Å². The number of nitro groups is 1. The number of nitrogens with zero attached hydrogens (tertiary/aromatic N) is 1. The number of aliphatic carboxylic acids is 1. The zero-order valence-corrected chi connectivity index (χ0v) is 8.55. The van der Waals surface area contributed by atoms with E-state index < -0.39 is 16.3 Å². The molecule has 2 rings (SSSR count). The van der Waals surface area contributed by atoms with Crippen molar-refractivity contribution in [1.29, 1.82) is 0 Å². The van der Waals surface area contributed by atoms with Crippen LogP contribution in [0.5, 0.6) is 0 Å². The van der Waals surface area contributed by atoms with Crippen LogP contribution in [0.1, 0.15) is 24.8 Å². The van der Waals surface area contributed by atoms with Gasteiger partial charge in [-0.05, 0) is 18.4 Å². The highest BCUT2D eigenvalue weighted by Gasteiger charge is 2.46. The van der Waals surface area contributed by atoms with Crippen molar-refractivity contribution < 1.29 is 14.8 Å². The molecule has 1 saturated carbocycles. The van der Waals surface area contributed by atoms with Gasteiger partial charge in [0, 0.05) is 12.1 Å². The SMILES string of the molecule is O=C(O)C1(c2cccc([N+](=O)[O-])c2)CCC1. The van der Waals surface area contributed by atoms with Crippen LogP contribution in [0.25, 0.3) is 0 Å². The molecule has 0 unspecified atom stereocenters. The Hall–Kier alpha value is -1.91. The summed E-state index contributed by atoms with van der Waals surface area (Å²) in [5, 5.41) is 19.8. The fourth-order valence-corrected chi connectivity index (χ4v) is 2.07. The van der Waals surface area contributed by atoms with Gasteiger partial charge in [0.25, 0.3) is 5.69 Å². The molecule has 0 aliphatic heterocycles. The Labute approximate surface area is 91.9 Å². The van der Waals surface area contributed by atoms with Crippen molar-refractivity contribution in [3.8, 4) is 0 Å². The molecule has 1 aromatic carbocycles. The van der Waals surface area contributed by atoms with Gasteiger partial charge in [0.1, 0.15) is 0 Å². The number of carboxylic acid groups (broad SMARTS) is 1. The van der Waals surface area contributed by atoms with Gasteiger partial charge in [0.15, 0.2) is 0 Å². The van der Waals surface area contributed by atoms with E-state index in [1.807, 2.05) is 0 Å². The highest BCUT2D eigenvalue weighted by atomic mass is 16.6. The average Bonchev–Trinajstić information content (AvgIpc) is 2.15. The molecule has 1 fully saturated rings. The van der Waals surface area contributed by atoms with E-state index in [4.69, 9.17) is 0 Å². The largest absolute Gasteiger partial charge is 0.481 e. The monoisotopic (exact) mass is 221 g/mol. The highest BCUT2D eigenvalue weighted by Crippen LogP contribution is 2.44. The van der Waals surface area contributed by atoms with Gasteiger partial charge in [-0.3, -0.25) is 14.9 Å². The number of carbonyl (C=O) groups is 1. The molecular weight excluding hydrogens is 210 g/mol. The molecule has 84 valence electrons. The maximum absolute atomic E-state index is 11.2. The van der Waals surface area contributed by atoms with E-state index in [1.165, 1.54) is 18.2 Å². The Balaban J connectivity index is 2.43. The molecule has 16 heavy (non-hydrogen) atoms. The summed E-state index contributed by atoms with van der Waals surface area (Å²) in [6.45, 7) is 0. The molecular formula is C11H11NO4. The molecule has 0 aromatic heterocycles. The van der Waals surface area contributed by atoms with E-state index in [9.17, 15) is 20.0 Å². The van der Waals surface area contributed by atoms with Gasteiger partial charge >= 0.3 is 5.97 Å². The van der Waals surface area contributed by atoms with Crippen molar-refractivity contribution in [2.24, 2.45) is 0 Å². The second-order valence-electron chi connectivity index (χ2n) is 4.05.